The van der Waals surface area contributed by atoms with Gasteiger partial charge in [-0.25, -0.2) is 9.97 Å². The van der Waals surface area contributed by atoms with E-state index in [9.17, 15) is 0 Å². The third kappa shape index (κ3) is 2.68. The molecule has 1 saturated heterocycles. The van der Waals surface area contributed by atoms with Crippen molar-refractivity contribution >= 4 is 34.7 Å². The SMILES string of the molecule is c1coc(C2=C3CC(NSC4CC4)CN3C(c3nccs3)=NC2)n1. The lowest BCUT2D eigenvalue weighted by Gasteiger charge is -2.26. The average molecular weight is 359 g/mol. The molecule has 3 aliphatic rings. The Labute approximate surface area is 148 Å². The van der Waals surface area contributed by atoms with Crippen molar-refractivity contribution in [2.75, 3.05) is 13.1 Å². The maximum absolute atomic E-state index is 5.55. The van der Waals surface area contributed by atoms with Crippen LogP contribution in [0.15, 0.2) is 39.1 Å². The van der Waals surface area contributed by atoms with Gasteiger partial charge >= 0.3 is 0 Å². The Bertz CT molecular complexity index is 780. The van der Waals surface area contributed by atoms with Crippen LogP contribution in [0.25, 0.3) is 5.57 Å². The first-order chi connectivity index (χ1) is 11.9. The fourth-order valence-corrected chi connectivity index (χ4v) is 4.67. The lowest BCUT2D eigenvalue weighted by molar-refractivity contribution is 0.522. The van der Waals surface area contributed by atoms with E-state index in [-0.39, 0.29) is 0 Å². The highest BCUT2D eigenvalue weighted by Gasteiger charge is 2.37. The number of aliphatic imine (C=N–C) groups is 1. The minimum absolute atomic E-state index is 0.416. The number of nitrogens with one attached hydrogen (secondary N) is 1. The molecule has 2 aromatic heterocycles. The largest absolute Gasteiger partial charge is 0.445 e. The van der Waals surface area contributed by atoms with E-state index in [0.29, 0.717) is 18.5 Å². The molecule has 24 heavy (non-hydrogen) atoms. The molecule has 2 aromatic rings. The number of hydrogen-bond acceptors (Lipinski definition) is 8. The predicted molar refractivity (Wildman–Crippen MR) is 95.8 cm³/mol. The second kappa shape index (κ2) is 6.02. The minimum Gasteiger partial charge on any atom is -0.445 e. The van der Waals surface area contributed by atoms with E-state index in [1.807, 2.05) is 23.5 Å². The number of hydrogen-bond donors (Lipinski definition) is 1. The van der Waals surface area contributed by atoms with Gasteiger partial charge in [0.1, 0.15) is 6.26 Å². The molecule has 8 heteroatoms. The van der Waals surface area contributed by atoms with Gasteiger partial charge in [-0.2, -0.15) is 0 Å². The summed E-state index contributed by atoms with van der Waals surface area (Å²) in [5, 5.41) is 3.78. The maximum atomic E-state index is 5.55. The number of aromatic nitrogens is 2. The van der Waals surface area contributed by atoms with E-state index < -0.39 is 0 Å². The van der Waals surface area contributed by atoms with Crippen molar-refractivity contribution in [3.8, 4) is 0 Å². The highest BCUT2D eigenvalue weighted by molar-refractivity contribution is 7.98. The molecule has 0 bridgehead atoms. The molecule has 1 N–H and O–H groups in total. The van der Waals surface area contributed by atoms with Crippen molar-refractivity contribution in [2.24, 2.45) is 4.99 Å². The Morgan fingerprint density at radius 2 is 2.25 bits per heavy atom. The Morgan fingerprint density at radius 3 is 3.00 bits per heavy atom. The standard InChI is InChI=1S/C16H17N5OS2/c1-2-11(1)24-20-10-7-13-12(15-17-3-5-22-15)8-19-14(21(13)9-10)16-18-4-6-23-16/h3-6,10-11,20H,1-2,7-9H2. The lowest BCUT2D eigenvalue weighted by Crippen LogP contribution is -2.35. The predicted octanol–water partition coefficient (Wildman–Crippen LogP) is 2.78. The van der Waals surface area contributed by atoms with Crippen molar-refractivity contribution in [3.63, 3.8) is 0 Å². The summed E-state index contributed by atoms with van der Waals surface area (Å²) in [5.74, 6) is 1.67. The topological polar surface area (TPSA) is 66.6 Å². The molecule has 2 fully saturated rings. The minimum atomic E-state index is 0.416. The van der Waals surface area contributed by atoms with Crippen LogP contribution in [0.2, 0.25) is 0 Å². The normalized spacial score (nSPS) is 23.6. The van der Waals surface area contributed by atoms with E-state index in [4.69, 9.17) is 9.41 Å². The van der Waals surface area contributed by atoms with Gasteiger partial charge in [0.15, 0.2) is 10.8 Å². The fraction of sp³-hybridized carbons (Fsp3) is 0.438. The van der Waals surface area contributed by atoms with E-state index in [2.05, 4.69) is 19.6 Å². The van der Waals surface area contributed by atoms with Gasteiger partial charge in [0.05, 0.1) is 18.3 Å². The monoisotopic (exact) mass is 359 g/mol. The van der Waals surface area contributed by atoms with Gasteiger partial charge in [-0.1, -0.05) is 11.9 Å². The number of amidine groups is 1. The Hall–Kier alpha value is -1.64. The van der Waals surface area contributed by atoms with Crippen molar-refractivity contribution in [2.45, 2.75) is 30.6 Å². The fourth-order valence-electron chi connectivity index (χ4n) is 3.11. The summed E-state index contributed by atoms with van der Waals surface area (Å²) in [6, 6.07) is 0.416. The van der Waals surface area contributed by atoms with Crippen LogP contribution in [-0.4, -0.2) is 45.1 Å². The van der Waals surface area contributed by atoms with Crippen LogP contribution < -0.4 is 4.72 Å². The molecule has 5 rings (SSSR count). The van der Waals surface area contributed by atoms with Crippen molar-refractivity contribution in [3.05, 3.63) is 40.6 Å². The molecule has 0 amide bonds. The van der Waals surface area contributed by atoms with E-state index in [1.54, 1.807) is 23.8 Å². The van der Waals surface area contributed by atoms with E-state index in [0.717, 1.165) is 34.6 Å². The molecule has 1 saturated carbocycles. The molecular weight excluding hydrogens is 342 g/mol. The van der Waals surface area contributed by atoms with Gasteiger partial charge in [-0.3, -0.25) is 9.71 Å². The van der Waals surface area contributed by atoms with Gasteiger partial charge in [0.25, 0.3) is 0 Å². The van der Waals surface area contributed by atoms with Crippen molar-refractivity contribution in [1.29, 1.82) is 0 Å². The molecule has 4 heterocycles. The second-order valence-corrected chi connectivity index (χ2v) is 8.22. The molecule has 6 nitrogen and oxygen atoms in total. The summed E-state index contributed by atoms with van der Waals surface area (Å²) in [4.78, 5) is 15.9. The van der Waals surface area contributed by atoms with Gasteiger partial charge < -0.3 is 9.32 Å². The summed E-state index contributed by atoms with van der Waals surface area (Å²) in [7, 11) is 0. The number of thiazole rings is 1. The summed E-state index contributed by atoms with van der Waals surface area (Å²) < 4.78 is 9.20. The zero-order chi connectivity index (χ0) is 15.9. The number of fused-ring (bicyclic) bond motifs is 1. The van der Waals surface area contributed by atoms with Crippen LogP contribution in [-0.2, 0) is 0 Å². The number of nitrogens with zero attached hydrogens (tertiary/aromatic N) is 4. The summed E-state index contributed by atoms with van der Waals surface area (Å²) in [6.45, 7) is 1.52. The van der Waals surface area contributed by atoms with E-state index >= 15 is 0 Å². The van der Waals surface area contributed by atoms with Crippen LogP contribution >= 0.6 is 23.3 Å². The molecule has 2 aliphatic heterocycles. The first-order valence-electron chi connectivity index (χ1n) is 8.13. The van der Waals surface area contributed by atoms with Gasteiger partial charge in [0, 0.05) is 41.5 Å². The first-order valence-corrected chi connectivity index (χ1v) is 9.89. The van der Waals surface area contributed by atoms with Gasteiger partial charge in [-0.15, -0.1) is 11.3 Å². The van der Waals surface area contributed by atoms with Gasteiger partial charge in [0.2, 0.25) is 5.89 Å². The molecule has 1 atom stereocenters. The molecular formula is C16H17N5OS2. The van der Waals surface area contributed by atoms with Crippen LogP contribution in [0.1, 0.15) is 30.2 Å². The van der Waals surface area contributed by atoms with Crippen molar-refractivity contribution < 1.29 is 4.42 Å². The highest BCUT2D eigenvalue weighted by atomic mass is 32.2. The zero-order valence-electron chi connectivity index (χ0n) is 13.0. The van der Waals surface area contributed by atoms with Crippen LogP contribution in [0.5, 0.6) is 0 Å². The molecule has 0 aromatic carbocycles. The molecule has 0 radical (unpaired) electrons. The van der Waals surface area contributed by atoms with Crippen LogP contribution in [0.3, 0.4) is 0 Å². The lowest BCUT2D eigenvalue weighted by atomic mass is 10.1. The summed E-state index contributed by atoms with van der Waals surface area (Å²) in [5.41, 5.74) is 2.37. The first kappa shape index (κ1) is 14.7. The quantitative estimate of drug-likeness (QED) is 0.828. The molecule has 124 valence electrons. The van der Waals surface area contributed by atoms with Gasteiger partial charge in [-0.05, 0) is 12.8 Å². The Balaban J connectivity index is 1.46. The van der Waals surface area contributed by atoms with Crippen LogP contribution in [0, 0.1) is 0 Å². The number of rotatable bonds is 5. The smallest absolute Gasteiger partial charge is 0.225 e. The Kier molecular flexibility index (Phi) is 3.68. The zero-order valence-corrected chi connectivity index (χ0v) is 14.6. The molecule has 0 spiro atoms. The summed E-state index contributed by atoms with van der Waals surface area (Å²) >= 11 is 3.53. The number of oxazole rings is 1. The maximum Gasteiger partial charge on any atom is 0.225 e. The third-order valence-corrected chi connectivity index (χ3v) is 6.44. The third-order valence-electron chi connectivity index (χ3n) is 4.40. The van der Waals surface area contributed by atoms with Crippen molar-refractivity contribution in [1.82, 2.24) is 19.6 Å². The second-order valence-electron chi connectivity index (χ2n) is 6.19. The average Bonchev–Trinajstić information content (AvgIpc) is 3.07. The molecule has 1 aliphatic carbocycles. The molecule has 1 unspecified atom stereocenters. The van der Waals surface area contributed by atoms with Crippen LogP contribution in [0.4, 0.5) is 0 Å². The van der Waals surface area contributed by atoms with E-state index in [1.165, 1.54) is 18.5 Å². The highest BCUT2D eigenvalue weighted by Crippen LogP contribution is 2.37. The summed E-state index contributed by atoms with van der Waals surface area (Å²) in [6.07, 6.45) is 8.81. The Morgan fingerprint density at radius 1 is 1.29 bits per heavy atom.